The molecule has 2 atom stereocenters. The Morgan fingerprint density at radius 1 is 0.968 bits per heavy atom. The molecule has 0 radical (unpaired) electrons. The van der Waals surface area contributed by atoms with Crippen molar-refractivity contribution in [1.82, 2.24) is 10.6 Å². The normalized spacial score (nSPS) is 12.9. The number of halogens is 3. The summed E-state index contributed by atoms with van der Waals surface area (Å²) in [7, 11) is -1.70. The molecule has 31 heavy (non-hydrogen) atoms. The lowest BCUT2D eigenvalue weighted by Crippen LogP contribution is -2.55. The summed E-state index contributed by atoms with van der Waals surface area (Å²) in [6.45, 7) is 3.85. The van der Waals surface area contributed by atoms with Crippen molar-refractivity contribution >= 4 is 66.7 Å². The first kappa shape index (κ1) is 26.1. The maximum Gasteiger partial charge on any atom is 0.475 e. The lowest BCUT2D eigenvalue weighted by molar-refractivity contribution is -0.123. The summed E-state index contributed by atoms with van der Waals surface area (Å²) < 4.78 is 1.83. The molecule has 0 aromatic heterocycles. The molecule has 0 unspecified atom stereocenters. The number of rotatable bonds is 9. The van der Waals surface area contributed by atoms with E-state index >= 15 is 0 Å². The quantitative estimate of drug-likeness (QED) is 0.254. The number of benzene rings is 2. The monoisotopic (exact) mass is 616 g/mol. The molecule has 0 aliphatic rings. The molecule has 166 valence electrons. The molecule has 0 heterocycles. The van der Waals surface area contributed by atoms with Gasteiger partial charge in [-0.3, -0.25) is 9.59 Å². The maximum atomic E-state index is 13.1. The van der Waals surface area contributed by atoms with Crippen LogP contribution in [0.25, 0.3) is 0 Å². The van der Waals surface area contributed by atoms with E-state index in [0.29, 0.717) is 25.4 Å². The largest absolute Gasteiger partial charge is 0.475 e. The number of hydrogen-bond donors (Lipinski definition) is 4. The summed E-state index contributed by atoms with van der Waals surface area (Å²) in [5.41, 5.74) is 1.21. The van der Waals surface area contributed by atoms with Gasteiger partial charge in [-0.05, 0) is 77.8 Å². The van der Waals surface area contributed by atoms with Crippen molar-refractivity contribution in [2.24, 2.45) is 5.92 Å². The molecule has 6 nitrogen and oxygen atoms in total. The Hall–Kier alpha value is -1.20. The number of carbonyl (C=O) groups excluding carboxylic acids is 2. The van der Waals surface area contributed by atoms with Crippen LogP contribution in [0, 0.1) is 5.92 Å². The van der Waals surface area contributed by atoms with E-state index in [1.807, 2.05) is 44.2 Å². The van der Waals surface area contributed by atoms with Crippen LogP contribution in [-0.4, -0.2) is 41.0 Å². The summed E-state index contributed by atoms with van der Waals surface area (Å²) in [4.78, 5) is 26.1. The van der Waals surface area contributed by atoms with E-state index in [1.165, 1.54) is 0 Å². The van der Waals surface area contributed by atoms with Crippen LogP contribution in [0.2, 0.25) is 0 Å². The molecule has 2 rings (SSSR count). The lowest BCUT2D eigenvalue weighted by Gasteiger charge is -2.24. The van der Waals surface area contributed by atoms with Crippen molar-refractivity contribution in [2.45, 2.75) is 38.7 Å². The van der Waals surface area contributed by atoms with E-state index in [9.17, 15) is 19.6 Å². The Morgan fingerprint density at radius 2 is 1.58 bits per heavy atom. The van der Waals surface area contributed by atoms with E-state index in [0.717, 1.165) is 5.56 Å². The Bertz CT molecular complexity index is 913. The van der Waals surface area contributed by atoms with Crippen molar-refractivity contribution in [3.63, 3.8) is 0 Å². The Labute approximate surface area is 207 Å². The van der Waals surface area contributed by atoms with Crippen molar-refractivity contribution in [2.75, 3.05) is 0 Å². The fourth-order valence-electron chi connectivity index (χ4n) is 3.07. The lowest BCUT2D eigenvalue weighted by atomic mass is 9.75. The molecule has 0 fully saturated rings. The Balaban J connectivity index is 2.29. The minimum absolute atomic E-state index is 0.142. The van der Waals surface area contributed by atoms with E-state index in [4.69, 9.17) is 0 Å². The highest BCUT2D eigenvalue weighted by Crippen LogP contribution is 2.32. The molecular formula is C21H24BBr3N2O4. The number of amides is 2. The zero-order valence-electron chi connectivity index (χ0n) is 17.1. The molecule has 0 bridgehead atoms. The van der Waals surface area contributed by atoms with E-state index in [1.54, 1.807) is 12.1 Å². The van der Waals surface area contributed by atoms with Crippen molar-refractivity contribution < 1.29 is 19.6 Å². The van der Waals surface area contributed by atoms with E-state index in [2.05, 4.69) is 58.4 Å². The highest BCUT2D eigenvalue weighted by Gasteiger charge is 2.31. The first-order valence-electron chi connectivity index (χ1n) is 9.75. The van der Waals surface area contributed by atoms with Gasteiger partial charge in [0.15, 0.2) is 0 Å². The fraction of sp³-hybridized carbons (Fsp3) is 0.333. The van der Waals surface area contributed by atoms with Crippen LogP contribution >= 0.6 is 47.8 Å². The van der Waals surface area contributed by atoms with Gasteiger partial charge in [-0.1, -0.05) is 44.2 Å². The standard InChI is InChI=1S/C21H24BBr3N2O4/c1-12(2)10-17(22(30)31)27-20(28)16(11-13-6-4-3-5-7-13)26-21(29)18-14(23)8-9-15(24)19(18)25/h3-9,12,16-17,30-31H,10-11H2,1-2H3,(H,26,29)(H,27,28)/t16-,17-/m0/s1. The molecule has 0 aliphatic heterocycles. The average Bonchev–Trinajstić information content (AvgIpc) is 2.70. The molecule has 10 heteroatoms. The second-order valence-electron chi connectivity index (χ2n) is 7.59. The number of carbonyl (C=O) groups is 2. The van der Waals surface area contributed by atoms with Crippen LogP contribution in [0.3, 0.4) is 0 Å². The van der Waals surface area contributed by atoms with Crippen molar-refractivity contribution in [1.29, 1.82) is 0 Å². The minimum atomic E-state index is -1.70. The third-order valence-corrected chi connectivity index (χ3v) is 7.27. The smallest absolute Gasteiger partial charge is 0.426 e. The molecule has 2 aromatic carbocycles. The van der Waals surface area contributed by atoms with E-state index < -0.39 is 30.9 Å². The Kier molecular flexibility index (Phi) is 10.2. The molecule has 0 aliphatic carbocycles. The fourth-order valence-corrected chi connectivity index (χ4v) is 4.70. The van der Waals surface area contributed by atoms with Crippen LogP contribution in [0.4, 0.5) is 0 Å². The molecule has 2 amide bonds. The van der Waals surface area contributed by atoms with Crippen LogP contribution in [0.5, 0.6) is 0 Å². The summed E-state index contributed by atoms with van der Waals surface area (Å²) >= 11 is 10.2. The van der Waals surface area contributed by atoms with Gasteiger partial charge >= 0.3 is 7.12 Å². The van der Waals surface area contributed by atoms with Crippen LogP contribution in [-0.2, 0) is 11.2 Å². The molecule has 4 N–H and O–H groups in total. The van der Waals surface area contributed by atoms with Gasteiger partial charge < -0.3 is 20.7 Å². The average molecular weight is 619 g/mol. The predicted octanol–water partition coefficient (Wildman–Crippen LogP) is 3.86. The minimum Gasteiger partial charge on any atom is -0.426 e. The highest BCUT2D eigenvalue weighted by molar-refractivity contribution is 9.13. The second kappa shape index (κ2) is 12.2. The maximum absolute atomic E-state index is 13.1. The van der Waals surface area contributed by atoms with Gasteiger partial charge in [0.1, 0.15) is 6.04 Å². The van der Waals surface area contributed by atoms with Gasteiger partial charge in [-0.15, -0.1) is 0 Å². The second-order valence-corrected chi connectivity index (χ2v) is 10.1. The summed E-state index contributed by atoms with van der Waals surface area (Å²) in [5, 5.41) is 24.8. The molecular weight excluding hydrogens is 595 g/mol. The van der Waals surface area contributed by atoms with Gasteiger partial charge in [0.05, 0.1) is 11.5 Å². The van der Waals surface area contributed by atoms with Gasteiger partial charge in [-0.2, -0.15) is 0 Å². The van der Waals surface area contributed by atoms with Gasteiger partial charge in [0.2, 0.25) is 5.91 Å². The molecule has 0 saturated carbocycles. The summed E-state index contributed by atoms with van der Waals surface area (Å²) in [5.74, 6) is -1.63. The first-order valence-corrected chi connectivity index (χ1v) is 12.1. The zero-order valence-corrected chi connectivity index (χ0v) is 21.9. The zero-order chi connectivity index (χ0) is 23.1. The predicted molar refractivity (Wildman–Crippen MR) is 133 cm³/mol. The summed E-state index contributed by atoms with van der Waals surface area (Å²) in [6, 6.07) is 11.9. The van der Waals surface area contributed by atoms with Crippen LogP contribution in [0.1, 0.15) is 36.2 Å². The van der Waals surface area contributed by atoms with E-state index in [-0.39, 0.29) is 12.3 Å². The van der Waals surface area contributed by atoms with Gasteiger partial charge in [0.25, 0.3) is 5.91 Å². The van der Waals surface area contributed by atoms with Crippen LogP contribution < -0.4 is 10.6 Å². The molecule has 0 spiro atoms. The van der Waals surface area contributed by atoms with Crippen molar-refractivity contribution in [3.8, 4) is 0 Å². The summed E-state index contributed by atoms with van der Waals surface area (Å²) in [6.07, 6.45) is 0.635. The van der Waals surface area contributed by atoms with Crippen LogP contribution in [0.15, 0.2) is 55.9 Å². The Morgan fingerprint density at radius 3 is 2.16 bits per heavy atom. The highest BCUT2D eigenvalue weighted by atomic mass is 79.9. The third-order valence-electron chi connectivity index (χ3n) is 4.59. The molecule has 2 aromatic rings. The SMILES string of the molecule is CC(C)C[C@H](NC(=O)[C@H](Cc1ccccc1)NC(=O)c1c(Br)ccc(Br)c1Br)B(O)O. The van der Waals surface area contributed by atoms with Crippen molar-refractivity contribution in [3.05, 3.63) is 67.0 Å². The third kappa shape index (κ3) is 7.71. The topological polar surface area (TPSA) is 98.7 Å². The molecule has 0 saturated heterocycles. The number of nitrogens with one attached hydrogen (secondary N) is 2. The first-order chi connectivity index (χ1) is 14.6. The number of hydrogen-bond acceptors (Lipinski definition) is 4. The van der Waals surface area contributed by atoms with Gasteiger partial charge in [0, 0.05) is 19.8 Å². The van der Waals surface area contributed by atoms with Gasteiger partial charge in [-0.25, -0.2) is 0 Å².